The van der Waals surface area contributed by atoms with Gasteiger partial charge in [-0.2, -0.15) is 0 Å². The number of benzene rings is 3. The van der Waals surface area contributed by atoms with Crippen molar-refractivity contribution in [2.24, 2.45) is 0 Å². The first kappa shape index (κ1) is 20.1. The van der Waals surface area contributed by atoms with Crippen molar-refractivity contribution < 1.29 is 19.1 Å². The molecule has 0 aromatic heterocycles. The molecular weight excluding hydrogens is 490 g/mol. The molecule has 0 unspecified atom stereocenters. The SMILES string of the molecule is O=C(COc1ccc(Br)cc1Br)Oc1ccc(C(=O)Nc2ccccc2)cc1. The largest absolute Gasteiger partial charge is 0.481 e. The molecule has 1 amide bonds. The number of hydrogen-bond donors (Lipinski definition) is 1. The standard InChI is InChI=1S/C21H15Br2NO4/c22-15-8-11-19(18(23)12-15)27-13-20(25)28-17-9-6-14(7-10-17)21(26)24-16-4-2-1-3-5-16/h1-12H,13H2,(H,24,26). The molecule has 0 aliphatic carbocycles. The number of hydrogen-bond acceptors (Lipinski definition) is 4. The first-order chi connectivity index (χ1) is 13.5. The lowest BCUT2D eigenvalue weighted by molar-refractivity contribution is -0.136. The number of nitrogens with one attached hydrogen (secondary N) is 1. The van der Waals surface area contributed by atoms with Gasteiger partial charge in [-0.15, -0.1) is 0 Å². The molecule has 0 fully saturated rings. The highest BCUT2D eigenvalue weighted by Gasteiger charge is 2.10. The lowest BCUT2D eigenvalue weighted by Crippen LogP contribution is -2.18. The van der Waals surface area contributed by atoms with Crippen LogP contribution < -0.4 is 14.8 Å². The Morgan fingerprint density at radius 1 is 0.893 bits per heavy atom. The molecule has 0 saturated heterocycles. The van der Waals surface area contributed by atoms with Gasteiger partial charge < -0.3 is 14.8 Å². The summed E-state index contributed by atoms with van der Waals surface area (Å²) in [7, 11) is 0. The van der Waals surface area contributed by atoms with Gasteiger partial charge in [0.05, 0.1) is 4.47 Å². The second kappa shape index (κ2) is 9.52. The molecule has 1 N–H and O–H groups in total. The monoisotopic (exact) mass is 503 g/mol. The van der Waals surface area contributed by atoms with Crippen molar-refractivity contribution in [1.29, 1.82) is 0 Å². The fraction of sp³-hybridized carbons (Fsp3) is 0.0476. The molecule has 3 aromatic rings. The van der Waals surface area contributed by atoms with Gasteiger partial charge in [0, 0.05) is 15.7 Å². The van der Waals surface area contributed by atoms with E-state index >= 15 is 0 Å². The number of esters is 1. The van der Waals surface area contributed by atoms with Crippen LogP contribution in [0, 0.1) is 0 Å². The van der Waals surface area contributed by atoms with Gasteiger partial charge in [0.1, 0.15) is 11.5 Å². The summed E-state index contributed by atoms with van der Waals surface area (Å²) in [6, 6.07) is 20.8. The molecule has 7 heteroatoms. The van der Waals surface area contributed by atoms with Crippen LogP contribution in [0.3, 0.4) is 0 Å². The Bertz CT molecular complexity index is 975. The third-order valence-electron chi connectivity index (χ3n) is 3.62. The molecule has 0 radical (unpaired) electrons. The molecule has 0 atom stereocenters. The molecule has 0 heterocycles. The minimum absolute atomic E-state index is 0.240. The Hall–Kier alpha value is -2.64. The van der Waals surface area contributed by atoms with Crippen molar-refractivity contribution in [3.8, 4) is 11.5 Å². The zero-order chi connectivity index (χ0) is 19.9. The van der Waals surface area contributed by atoms with E-state index < -0.39 is 5.97 Å². The maximum atomic E-state index is 12.2. The van der Waals surface area contributed by atoms with Crippen LogP contribution in [0.5, 0.6) is 11.5 Å². The van der Waals surface area contributed by atoms with Gasteiger partial charge in [0.15, 0.2) is 6.61 Å². The number of amides is 1. The molecule has 5 nitrogen and oxygen atoms in total. The average molecular weight is 505 g/mol. The van der Waals surface area contributed by atoms with E-state index in [-0.39, 0.29) is 12.5 Å². The lowest BCUT2D eigenvalue weighted by atomic mass is 10.2. The molecule has 0 bridgehead atoms. The first-order valence-electron chi connectivity index (χ1n) is 8.26. The number of ether oxygens (including phenoxy) is 2. The van der Waals surface area contributed by atoms with E-state index in [0.717, 1.165) is 8.95 Å². The summed E-state index contributed by atoms with van der Waals surface area (Å²) in [6.07, 6.45) is 0. The normalized spacial score (nSPS) is 10.2. The highest BCUT2D eigenvalue weighted by Crippen LogP contribution is 2.28. The molecule has 0 saturated carbocycles. The molecular formula is C21H15Br2NO4. The Balaban J connectivity index is 1.53. The van der Waals surface area contributed by atoms with Crippen LogP contribution in [-0.2, 0) is 4.79 Å². The van der Waals surface area contributed by atoms with E-state index in [1.165, 1.54) is 0 Å². The van der Waals surface area contributed by atoms with Crippen molar-refractivity contribution >= 4 is 49.4 Å². The van der Waals surface area contributed by atoms with Crippen LogP contribution in [-0.4, -0.2) is 18.5 Å². The maximum absolute atomic E-state index is 12.2. The topological polar surface area (TPSA) is 64.6 Å². The van der Waals surface area contributed by atoms with E-state index in [1.54, 1.807) is 42.5 Å². The number of carbonyl (C=O) groups excluding carboxylic acids is 2. The quantitative estimate of drug-likeness (QED) is 0.358. The van der Waals surface area contributed by atoms with Gasteiger partial charge >= 0.3 is 5.97 Å². The summed E-state index contributed by atoms with van der Waals surface area (Å²) in [4.78, 5) is 24.2. The van der Waals surface area contributed by atoms with Gasteiger partial charge in [-0.3, -0.25) is 4.79 Å². The summed E-state index contributed by atoms with van der Waals surface area (Å²) in [6.45, 7) is -0.240. The summed E-state index contributed by atoms with van der Waals surface area (Å²) in [5, 5.41) is 2.79. The van der Waals surface area contributed by atoms with Crippen molar-refractivity contribution in [3.63, 3.8) is 0 Å². The second-order valence-electron chi connectivity index (χ2n) is 5.68. The van der Waals surface area contributed by atoms with Gasteiger partial charge in [0.25, 0.3) is 5.91 Å². The Morgan fingerprint density at radius 3 is 2.29 bits per heavy atom. The van der Waals surface area contributed by atoms with Gasteiger partial charge in [-0.25, -0.2) is 4.79 Å². The highest BCUT2D eigenvalue weighted by molar-refractivity contribution is 9.11. The number of halogens is 2. The Kier molecular flexibility index (Phi) is 6.84. The van der Waals surface area contributed by atoms with Crippen LogP contribution in [0.4, 0.5) is 5.69 Å². The van der Waals surface area contributed by atoms with E-state index in [0.29, 0.717) is 22.7 Å². The first-order valence-corrected chi connectivity index (χ1v) is 9.85. The zero-order valence-corrected chi connectivity index (χ0v) is 17.7. The Labute approximate surface area is 178 Å². The minimum atomic E-state index is -0.545. The predicted octanol–water partition coefficient (Wildman–Crippen LogP) is 5.45. The third-order valence-corrected chi connectivity index (χ3v) is 4.73. The molecule has 0 spiro atoms. The van der Waals surface area contributed by atoms with Crippen molar-refractivity contribution in [3.05, 3.63) is 87.3 Å². The summed E-state index contributed by atoms with van der Waals surface area (Å²) >= 11 is 6.71. The van der Waals surface area contributed by atoms with Crippen LogP contribution in [0.25, 0.3) is 0 Å². The van der Waals surface area contributed by atoms with Crippen molar-refractivity contribution in [2.45, 2.75) is 0 Å². The lowest BCUT2D eigenvalue weighted by Gasteiger charge is -2.09. The third kappa shape index (κ3) is 5.68. The van der Waals surface area contributed by atoms with Crippen molar-refractivity contribution in [2.75, 3.05) is 11.9 Å². The fourth-order valence-electron chi connectivity index (χ4n) is 2.29. The van der Waals surface area contributed by atoms with E-state index in [2.05, 4.69) is 37.2 Å². The van der Waals surface area contributed by atoms with Gasteiger partial charge in [-0.05, 0) is 70.5 Å². The van der Waals surface area contributed by atoms with Gasteiger partial charge in [-0.1, -0.05) is 34.1 Å². The van der Waals surface area contributed by atoms with Gasteiger partial charge in [0.2, 0.25) is 0 Å². The number of rotatable bonds is 6. The van der Waals surface area contributed by atoms with E-state index in [9.17, 15) is 9.59 Å². The molecule has 3 aromatic carbocycles. The smallest absolute Gasteiger partial charge is 0.349 e. The molecule has 0 aliphatic heterocycles. The van der Waals surface area contributed by atoms with Crippen LogP contribution >= 0.6 is 31.9 Å². The number of para-hydroxylation sites is 1. The average Bonchev–Trinajstić information content (AvgIpc) is 2.68. The number of anilines is 1. The number of carbonyl (C=O) groups is 2. The molecule has 3 rings (SSSR count). The predicted molar refractivity (Wildman–Crippen MR) is 114 cm³/mol. The summed E-state index contributed by atoms with van der Waals surface area (Å²) in [5.74, 6) is 0.0802. The summed E-state index contributed by atoms with van der Waals surface area (Å²) < 4.78 is 12.3. The van der Waals surface area contributed by atoms with Crippen LogP contribution in [0.1, 0.15) is 10.4 Å². The highest BCUT2D eigenvalue weighted by atomic mass is 79.9. The summed E-state index contributed by atoms with van der Waals surface area (Å²) in [5.41, 5.74) is 1.16. The molecule has 28 heavy (non-hydrogen) atoms. The zero-order valence-electron chi connectivity index (χ0n) is 14.5. The van der Waals surface area contributed by atoms with Crippen molar-refractivity contribution in [1.82, 2.24) is 0 Å². The Morgan fingerprint density at radius 2 is 1.61 bits per heavy atom. The molecule has 142 valence electrons. The molecule has 0 aliphatic rings. The van der Waals surface area contributed by atoms with Crippen LogP contribution in [0.2, 0.25) is 0 Å². The van der Waals surface area contributed by atoms with E-state index in [1.807, 2.05) is 30.3 Å². The van der Waals surface area contributed by atoms with E-state index in [4.69, 9.17) is 9.47 Å². The minimum Gasteiger partial charge on any atom is -0.481 e. The maximum Gasteiger partial charge on any atom is 0.349 e. The second-order valence-corrected chi connectivity index (χ2v) is 7.45. The fourth-order valence-corrected chi connectivity index (χ4v) is 3.45. The van der Waals surface area contributed by atoms with Crippen LogP contribution in [0.15, 0.2) is 81.7 Å².